The first kappa shape index (κ1) is 9.10. The second kappa shape index (κ2) is 4.80. The highest BCUT2D eigenvalue weighted by atomic mass is 32.2. The third-order valence-corrected chi connectivity index (χ3v) is 3.78. The van der Waals surface area contributed by atoms with Crippen molar-refractivity contribution in [2.45, 2.75) is 11.1 Å². The molecule has 1 aromatic heterocycles. The molecule has 3 heteroatoms. The molecule has 0 radical (unpaired) electrons. The smallest absolute Gasteiger partial charge is 0.0598 e. The standard InChI is InChI=1S/C8H12OS2/c1-7(5-9)6-11-8-3-2-4-10-8/h2-4,7,9H,5-6H2,1H3. The number of hydrogen-bond donors (Lipinski definition) is 1. The molecule has 0 aromatic carbocycles. The lowest BCUT2D eigenvalue weighted by Gasteiger charge is -2.04. The van der Waals surface area contributed by atoms with Crippen molar-refractivity contribution < 1.29 is 5.11 Å². The zero-order valence-corrected chi connectivity index (χ0v) is 8.12. The van der Waals surface area contributed by atoms with Crippen molar-refractivity contribution in [3.8, 4) is 0 Å². The Labute approximate surface area is 75.4 Å². The minimum atomic E-state index is 0.290. The van der Waals surface area contributed by atoms with Crippen LogP contribution in [0.3, 0.4) is 0 Å². The summed E-state index contributed by atoms with van der Waals surface area (Å²) in [7, 11) is 0. The molecule has 0 bridgehead atoms. The predicted octanol–water partition coefficient (Wildman–Crippen LogP) is 2.47. The molecule has 1 rings (SSSR count). The molecule has 0 aliphatic heterocycles. The third-order valence-electron chi connectivity index (χ3n) is 1.32. The summed E-state index contributed by atoms with van der Waals surface area (Å²) in [4.78, 5) is 0. The fraction of sp³-hybridized carbons (Fsp3) is 0.500. The van der Waals surface area contributed by atoms with Gasteiger partial charge in [-0.25, -0.2) is 0 Å². The van der Waals surface area contributed by atoms with Crippen molar-refractivity contribution in [3.63, 3.8) is 0 Å². The molecular formula is C8H12OS2. The third kappa shape index (κ3) is 3.27. The Kier molecular flexibility index (Phi) is 3.97. The van der Waals surface area contributed by atoms with Gasteiger partial charge in [-0.2, -0.15) is 0 Å². The van der Waals surface area contributed by atoms with Gasteiger partial charge in [0.1, 0.15) is 0 Å². The first-order valence-corrected chi connectivity index (χ1v) is 5.46. The van der Waals surface area contributed by atoms with Crippen LogP contribution >= 0.6 is 23.1 Å². The quantitative estimate of drug-likeness (QED) is 0.732. The van der Waals surface area contributed by atoms with Crippen LogP contribution in [0, 0.1) is 5.92 Å². The van der Waals surface area contributed by atoms with Crippen molar-refractivity contribution in [1.82, 2.24) is 0 Å². The van der Waals surface area contributed by atoms with Gasteiger partial charge in [0, 0.05) is 12.4 Å². The molecule has 1 unspecified atom stereocenters. The molecule has 1 atom stereocenters. The Morgan fingerprint density at radius 3 is 3.09 bits per heavy atom. The highest BCUT2D eigenvalue weighted by Gasteiger charge is 2.00. The van der Waals surface area contributed by atoms with E-state index in [0.717, 1.165) is 5.75 Å². The predicted molar refractivity (Wildman–Crippen MR) is 51.3 cm³/mol. The molecule has 1 aromatic rings. The lowest BCUT2D eigenvalue weighted by atomic mass is 10.2. The molecule has 0 aliphatic carbocycles. The van der Waals surface area contributed by atoms with E-state index in [0.29, 0.717) is 12.5 Å². The zero-order valence-electron chi connectivity index (χ0n) is 6.49. The minimum absolute atomic E-state index is 0.290. The topological polar surface area (TPSA) is 20.2 Å². The summed E-state index contributed by atoms with van der Waals surface area (Å²) >= 11 is 3.58. The molecule has 0 saturated heterocycles. The average molecular weight is 188 g/mol. The van der Waals surface area contributed by atoms with Crippen LogP contribution in [0.2, 0.25) is 0 Å². The molecule has 0 amide bonds. The van der Waals surface area contributed by atoms with Gasteiger partial charge in [-0.1, -0.05) is 13.0 Å². The molecule has 1 N–H and O–H groups in total. The van der Waals surface area contributed by atoms with Crippen LogP contribution in [0.5, 0.6) is 0 Å². The lowest BCUT2D eigenvalue weighted by molar-refractivity contribution is 0.250. The number of aliphatic hydroxyl groups excluding tert-OH is 1. The molecule has 0 spiro atoms. The summed E-state index contributed by atoms with van der Waals surface area (Å²) < 4.78 is 1.34. The Bertz CT molecular complexity index is 184. The van der Waals surface area contributed by atoms with Crippen LogP contribution in [-0.4, -0.2) is 17.5 Å². The van der Waals surface area contributed by atoms with Crippen LogP contribution in [0.1, 0.15) is 6.92 Å². The van der Waals surface area contributed by atoms with E-state index in [1.807, 2.05) is 11.8 Å². The van der Waals surface area contributed by atoms with E-state index >= 15 is 0 Å². The Hall–Kier alpha value is 0.01000. The summed E-state index contributed by atoms with van der Waals surface area (Å²) in [6, 6.07) is 4.16. The Balaban J connectivity index is 2.23. The van der Waals surface area contributed by atoms with E-state index in [9.17, 15) is 0 Å². The maximum atomic E-state index is 8.75. The molecule has 62 valence electrons. The van der Waals surface area contributed by atoms with Crippen LogP contribution in [0.25, 0.3) is 0 Å². The van der Waals surface area contributed by atoms with E-state index in [2.05, 4.69) is 24.4 Å². The highest BCUT2D eigenvalue weighted by Crippen LogP contribution is 2.24. The SMILES string of the molecule is CC(CO)CSc1cccs1. The van der Waals surface area contributed by atoms with Crippen molar-refractivity contribution in [2.75, 3.05) is 12.4 Å². The Morgan fingerprint density at radius 1 is 1.73 bits per heavy atom. The van der Waals surface area contributed by atoms with Crippen LogP contribution < -0.4 is 0 Å². The molecule has 1 nitrogen and oxygen atoms in total. The van der Waals surface area contributed by atoms with Gasteiger partial charge in [0.15, 0.2) is 0 Å². The van der Waals surface area contributed by atoms with E-state index in [1.54, 1.807) is 11.3 Å². The number of aliphatic hydroxyl groups is 1. The summed E-state index contributed by atoms with van der Waals surface area (Å²) in [6.45, 7) is 2.35. The maximum Gasteiger partial charge on any atom is 0.0598 e. The van der Waals surface area contributed by atoms with Gasteiger partial charge in [-0.15, -0.1) is 23.1 Å². The second-order valence-electron chi connectivity index (χ2n) is 2.53. The van der Waals surface area contributed by atoms with Gasteiger partial charge in [0.25, 0.3) is 0 Å². The molecule has 0 fully saturated rings. The number of rotatable bonds is 4. The van der Waals surface area contributed by atoms with Crippen LogP contribution in [-0.2, 0) is 0 Å². The molecule has 0 aliphatic rings. The van der Waals surface area contributed by atoms with E-state index in [-0.39, 0.29) is 0 Å². The summed E-state index contributed by atoms with van der Waals surface area (Å²) in [5.74, 6) is 1.42. The monoisotopic (exact) mass is 188 g/mol. The normalized spacial score (nSPS) is 13.3. The highest BCUT2D eigenvalue weighted by molar-refractivity contribution is 8.01. The summed E-state index contributed by atoms with van der Waals surface area (Å²) in [6.07, 6.45) is 0. The molecular weight excluding hydrogens is 176 g/mol. The second-order valence-corrected chi connectivity index (χ2v) is 4.80. The van der Waals surface area contributed by atoms with Crippen LogP contribution in [0.15, 0.2) is 21.7 Å². The first-order valence-electron chi connectivity index (χ1n) is 3.60. The van der Waals surface area contributed by atoms with Crippen LogP contribution in [0.4, 0.5) is 0 Å². The first-order chi connectivity index (χ1) is 5.33. The fourth-order valence-corrected chi connectivity index (χ4v) is 2.44. The number of thiophene rings is 1. The maximum absolute atomic E-state index is 8.75. The van der Waals surface area contributed by atoms with Crippen molar-refractivity contribution >= 4 is 23.1 Å². The van der Waals surface area contributed by atoms with E-state index in [1.165, 1.54) is 4.21 Å². The Morgan fingerprint density at radius 2 is 2.55 bits per heavy atom. The average Bonchev–Trinajstić information content (AvgIpc) is 2.52. The molecule has 1 heterocycles. The van der Waals surface area contributed by atoms with Gasteiger partial charge in [0.2, 0.25) is 0 Å². The van der Waals surface area contributed by atoms with Gasteiger partial charge in [-0.05, 0) is 17.4 Å². The molecule has 0 saturated carbocycles. The summed E-state index contributed by atoms with van der Waals surface area (Å²) in [5, 5.41) is 10.8. The molecule has 11 heavy (non-hydrogen) atoms. The summed E-state index contributed by atoms with van der Waals surface area (Å²) in [5.41, 5.74) is 0. The van der Waals surface area contributed by atoms with Gasteiger partial charge in [0.05, 0.1) is 4.21 Å². The van der Waals surface area contributed by atoms with Gasteiger partial charge < -0.3 is 5.11 Å². The largest absolute Gasteiger partial charge is 0.396 e. The van der Waals surface area contributed by atoms with Crippen molar-refractivity contribution in [3.05, 3.63) is 17.5 Å². The fourth-order valence-electron chi connectivity index (χ4n) is 0.623. The number of thioether (sulfide) groups is 1. The zero-order chi connectivity index (χ0) is 8.10. The number of hydrogen-bond acceptors (Lipinski definition) is 3. The van der Waals surface area contributed by atoms with Gasteiger partial charge >= 0.3 is 0 Å². The van der Waals surface area contributed by atoms with E-state index in [4.69, 9.17) is 5.11 Å². The van der Waals surface area contributed by atoms with Crippen molar-refractivity contribution in [1.29, 1.82) is 0 Å². The minimum Gasteiger partial charge on any atom is -0.396 e. The van der Waals surface area contributed by atoms with Gasteiger partial charge in [-0.3, -0.25) is 0 Å². The van der Waals surface area contributed by atoms with E-state index < -0.39 is 0 Å². The lowest BCUT2D eigenvalue weighted by Crippen LogP contribution is -2.02. The van der Waals surface area contributed by atoms with Crippen molar-refractivity contribution in [2.24, 2.45) is 5.92 Å².